The second-order valence-electron chi connectivity index (χ2n) is 5.04. The monoisotopic (exact) mass is 290 g/mol. The number of aliphatic hydroxyl groups excluding tert-OH is 1. The van der Waals surface area contributed by atoms with Crippen LogP contribution < -0.4 is 4.74 Å². The summed E-state index contributed by atoms with van der Waals surface area (Å²) in [5.74, 6) is -0.247. The molecule has 6 nitrogen and oxygen atoms in total. The summed E-state index contributed by atoms with van der Waals surface area (Å²) in [7, 11) is 0. The van der Waals surface area contributed by atoms with Crippen LogP contribution in [0.25, 0.3) is 0 Å². The van der Waals surface area contributed by atoms with E-state index in [2.05, 4.69) is 0 Å². The topological polar surface area (TPSA) is 110 Å². The lowest BCUT2D eigenvalue weighted by atomic mass is 9.82. The molecule has 2 aromatic rings. The van der Waals surface area contributed by atoms with Gasteiger partial charge in [-0.15, -0.1) is 0 Å². The predicted molar refractivity (Wildman–Crippen MR) is 72.2 cm³/mol. The van der Waals surface area contributed by atoms with Crippen molar-refractivity contribution in [2.75, 3.05) is 6.61 Å². The summed E-state index contributed by atoms with van der Waals surface area (Å²) in [5.41, 5.74) is -1.51. The zero-order chi connectivity index (χ0) is 15.2. The van der Waals surface area contributed by atoms with E-state index in [9.17, 15) is 25.5 Å². The highest BCUT2D eigenvalue weighted by Crippen LogP contribution is 2.46. The first kappa shape index (κ1) is 13.5. The van der Waals surface area contributed by atoms with Gasteiger partial charge in [-0.1, -0.05) is 0 Å². The fraction of sp³-hybridized carbons (Fsp3) is 0.200. The Labute approximate surface area is 120 Å². The summed E-state index contributed by atoms with van der Waals surface area (Å²) in [6.07, 6.45) is -1.35. The van der Waals surface area contributed by atoms with Crippen LogP contribution in [0.2, 0.25) is 0 Å². The maximum Gasteiger partial charge on any atom is 0.157 e. The third-order valence-electron chi connectivity index (χ3n) is 3.64. The molecule has 0 amide bonds. The number of benzene rings is 2. The van der Waals surface area contributed by atoms with Gasteiger partial charge in [-0.2, -0.15) is 0 Å². The van der Waals surface area contributed by atoms with Crippen LogP contribution >= 0.6 is 0 Å². The molecule has 2 aromatic carbocycles. The number of ether oxygens (including phenoxy) is 1. The lowest BCUT2D eigenvalue weighted by Crippen LogP contribution is -2.42. The number of rotatable bonds is 1. The largest absolute Gasteiger partial charge is 0.508 e. The van der Waals surface area contributed by atoms with Crippen molar-refractivity contribution in [1.82, 2.24) is 0 Å². The van der Waals surface area contributed by atoms with E-state index in [4.69, 9.17) is 4.74 Å². The van der Waals surface area contributed by atoms with Gasteiger partial charge in [-0.05, 0) is 24.3 Å². The fourth-order valence-electron chi connectivity index (χ4n) is 2.51. The van der Waals surface area contributed by atoms with Gasteiger partial charge in [-0.3, -0.25) is 0 Å². The van der Waals surface area contributed by atoms with E-state index in [0.29, 0.717) is 5.56 Å². The molecule has 1 aliphatic heterocycles. The van der Waals surface area contributed by atoms with Gasteiger partial charge in [0.25, 0.3) is 0 Å². The second kappa shape index (κ2) is 4.54. The van der Waals surface area contributed by atoms with Crippen molar-refractivity contribution in [3.05, 3.63) is 47.5 Å². The molecular weight excluding hydrogens is 276 g/mol. The number of fused-ring (bicyclic) bond motifs is 1. The second-order valence-corrected chi connectivity index (χ2v) is 5.04. The Morgan fingerprint density at radius 2 is 1.67 bits per heavy atom. The maximum absolute atomic E-state index is 10.7. The third-order valence-corrected chi connectivity index (χ3v) is 3.64. The first-order chi connectivity index (χ1) is 9.91. The molecule has 5 N–H and O–H groups in total. The fourth-order valence-corrected chi connectivity index (χ4v) is 2.51. The van der Waals surface area contributed by atoms with E-state index in [0.717, 1.165) is 6.07 Å². The van der Waals surface area contributed by atoms with Crippen LogP contribution in [0.5, 0.6) is 23.0 Å². The van der Waals surface area contributed by atoms with E-state index in [1.165, 1.54) is 30.3 Å². The number of aliphatic hydroxyl groups is 2. The minimum Gasteiger partial charge on any atom is -0.508 e. The van der Waals surface area contributed by atoms with E-state index in [-0.39, 0.29) is 35.2 Å². The molecule has 0 saturated carbocycles. The number of phenols is 3. The van der Waals surface area contributed by atoms with Crippen LogP contribution in [-0.4, -0.2) is 32.1 Å². The molecule has 0 aromatic heterocycles. The third kappa shape index (κ3) is 2.05. The van der Waals surface area contributed by atoms with Crippen molar-refractivity contribution in [2.45, 2.75) is 11.7 Å². The number of hydrogen-bond acceptors (Lipinski definition) is 6. The van der Waals surface area contributed by atoms with Gasteiger partial charge in [0.2, 0.25) is 0 Å². The van der Waals surface area contributed by atoms with Crippen molar-refractivity contribution >= 4 is 0 Å². The predicted octanol–water partition coefficient (Wildman–Crippen LogP) is 1.12. The quantitative estimate of drug-likeness (QED) is 0.538. The minimum atomic E-state index is -1.86. The first-order valence-corrected chi connectivity index (χ1v) is 6.30. The summed E-state index contributed by atoms with van der Waals surface area (Å²) < 4.78 is 5.39. The molecule has 1 aliphatic rings. The molecule has 0 aliphatic carbocycles. The van der Waals surface area contributed by atoms with Gasteiger partial charge < -0.3 is 30.3 Å². The lowest BCUT2D eigenvalue weighted by molar-refractivity contribution is -0.122. The molecule has 0 spiro atoms. The van der Waals surface area contributed by atoms with Crippen molar-refractivity contribution < 1.29 is 30.3 Å². The SMILES string of the molecule is Oc1ccc([C@]2(O)COc3cc(O)ccc3[C@@H]2O)c(O)c1. The summed E-state index contributed by atoms with van der Waals surface area (Å²) >= 11 is 0. The molecule has 6 heteroatoms. The molecule has 0 bridgehead atoms. The van der Waals surface area contributed by atoms with Crippen LogP contribution in [0.15, 0.2) is 36.4 Å². The molecule has 3 rings (SSSR count). The zero-order valence-electron chi connectivity index (χ0n) is 10.9. The highest BCUT2D eigenvalue weighted by molar-refractivity contribution is 5.49. The number of hydrogen-bond donors (Lipinski definition) is 5. The van der Waals surface area contributed by atoms with Crippen molar-refractivity contribution in [2.24, 2.45) is 0 Å². The Hall–Kier alpha value is -2.44. The molecule has 0 unspecified atom stereocenters. The van der Waals surface area contributed by atoms with Crippen LogP contribution in [0, 0.1) is 0 Å². The molecule has 1 heterocycles. The van der Waals surface area contributed by atoms with Crippen molar-refractivity contribution in [1.29, 1.82) is 0 Å². The molecule has 0 saturated heterocycles. The molecule has 21 heavy (non-hydrogen) atoms. The Morgan fingerprint density at radius 3 is 2.38 bits per heavy atom. The van der Waals surface area contributed by atoms with E-state index in [1.807, 2.05) is 0 Å². The molecule has 2 atom stereocenters. The Morgan fingerprint density at radius 1 is 1.00 bits per heavy atom. The van der Waals surface area contributed by atoms with Gasteiger partial charge in [0.1, 0.15) is 35.7 Å². The minimum absolute atomic E-state index is 0.0149. The van der Waals surface area contributed by atoms with Gasteiger partial charge in [0, 0.05) is 23.3 Å². The van der Waals surface area contributed by atoms with Crippen LogP contribution in [-0.2, 0) is 5.60 Å². The van der Waals surface area contributed by atoms with Crippen molar-refractivity contribution in [3.63, 3.8) is 0 Å². The smallest absolute Gasteiger partial charge is 0.157 e. The summed E-state index contributed by atoms with van der Waals surface area (Å²) in [4.78, 5) is 0. The summed E-state index contributed by atoms with van der Waals surface area (Å²) in [6.45, 7) is -0.303. The average molecular weight is 290 g/mol. The summed E-state index contributed by atoms with van der Waals surface area (Å²) in [5, 5.41) is 49.8. The molecule has 0 radical (unpaired) electrons. The van der Waals surface area contributed by atoms with Crippen LogP contribution in [0.1, 0.15) is 17.2 Å². The number of phenolic OH excluding ortho intramolecular Hbond substituents is 3. The standard InChI is InChI=1S/C15H14O6/c16-8-2-4-11(12(18)5-8)15(20)7-21-13-6-9(17)1-3-10(13)14(15)19/h1-6,14,16-20H,7H2/t14-,15+/m0/s1. The zero-order valence-corrected chi connectivity index (χ0v) is 10.9. The van der Waals surface area contributed by atoms with Gasteiger partial charge in [0.05, 0.1) is 0 Å². The molecule has 110 valence electrons. The van der Waals surface area contributed by atoms with E-state index < -0.39 is 11.7 Å². The van der Waals surface area contributed by atoms with Gasteiger partial charge >= 0.3 is 0 Å². The Balaban J connectivity index is 2.09. The van der Waals surface area contributed by atoms with Gasteiger partial charge in [-0.25, -0.2) is 0 Å². The maximum atomic E-state index is 10.7. The highest BCUT2D eigenvalue weighted by Gasteiger charge is 2.45. The summed E-state index contributed by atoms with van der Waals surface area (Å²) in [6, 6.07) is 7.85. The molecule has 0 fully saturated rings. The average Bonchev–Trinajstić information content (AvgIpc) is 2.43. The molecular formula is C15H14O6. The normalized spacial score (nSPS) is 24.2. The highest BCUT2D eigenvalue weighted by atomic mass is 16.5. The van der Waals surface area contributed by atoms with E-state index in [1.54, 1.807) is 0 Å². The van der Waals surface area contributed by atoms with Gasteiger partial charge in [0.15, 0.2) is 5.60 Å². The first-order valence-electron chi connectivity index (χ1n) is 6.30. The van der Waals surface area contributed by atoms with Crippen LogP contribution in [0.3, 0.4) is 0 Å². The van der Waals surface area contributed by atoms with Crippen LogP contribution in [0.4, 0.5) is 0 Å². The Bertz CT molecular complexity index is 699. The van der Waals surface area contributed by atoms with E-state index >= 15 is 0 Å². The lowest BCUT2D eigenvalue weighted by Gasteiger charge is -2.38. The Kier molecular flexibility index (Phi) is 2.93. The number of aromatic hydroxyl groups is 3. The van der Waals surface area contributed by atoms with Crippen molar-refractivity contribution in [3.8, 4) is 23.0 Å².